The lowest BCUT2D eigenvalue weighted by atomic mass is 9.76. The van der Waals surface area contributed by atoms with Crippen LogP contribution in [0.25, 0.3) is 0 Å². The fourth-order valence-electron chi connectivity index (χ4n) is 3.95. The van der Waals surface area contributed by atoms with Gasteiger partial charge < -0.3 is 20.1 Å². The zero-order chi connectivity index (χ0) is 25.9. The fourth-order valence-corrected chi connectivity index (χ4v) is 3.95. The minimum absolute atomic E-state index is 0.0156. The molecule has 1 amide bonds. The van der Waals surface area contributed by atoms with Crippen LogP contribution in [-0.4, -0.2) is 40.6 Å². The van der Waals surface area contributed by atoms with Gasteiger partial charge in [0.2, 0.25) is 5.91 Å². The van der Waals surface area contributed by atoms with Gasteiger partial charge in [0, 0.05) is 6.20 Å². The minimum Gasteiger partial charge on any atom is -0.490 e. The number of benzene rings is 2. The predicted octanol–water partition coefficient (Wildman–Crippen LogP) is 3.22. The molecule has 3 aromatic rings. The van der Waals surface area contributed by atoms with E-state index in [1.165, 1.54) is 6.07 Å². The number of ether oxygens (including phenoxy) is 1. The highest BCUT2D eigenvalue weighted by molar-refractivity contribution is 6.43. The minimum atomic E-state index is -1.73. The Morgan fingerprint density at radius 3 is 2.53 bits per heavy atom. The van der Waals surface area contributed by atoms with Gasteiger partial charge in [0.05, 0.1) is 36.6 Å². The predicted molar refractivity (Wildman–Crippen MR) is 134 cm³/mol. The van der Waals surface area contributed by atoms with Crippen LogP contribution in [0.4, 0.5) is 4.39 Å². The molecular weight excluding hydrogens is 460 g/mol. The maximum Gasteiger partial charge on any atom is 0.475 e. The molecule has 0 spiro atoms. The van der Waals surface area contributed by atoms with E-state index in [9.17, 15) is 24.5 Å². The molecule has 0 radical (unpaired) electrons. The molecule has 9 heteroatoms. The van der Waals surface area contributed by atoms with E-state index in [0.29, 0.717) is 12.1 Å². The van der Waals surface area contributed by atoms with Crippen molar-refractivity contribution in [1.82, 2.24) is 10.3 Å². The maximum atomic E-state index is 14.3. The first-order valence-electron chi connectivity index (χ1n) is 11.8. The zero-order valence-corrected chi connectivity index (χ0v) is 20.0. The summed E-state index contributed by atoms with van der Waals surface area (Å²) in [5, 5.41) is 31.5. The molecule has 7 nitrogen and oxygen atoms in total. The smallest absolute Gasteiger partial charge is 0.475 e. The Kier molecular flexibility index (Phi) is 9.98. The fraction of sp³-hybridized carbons (Fsp3) is 0.296. The summed E-state index contributed by atoms with van der Waals surface area (Å²) in [6.45, 7) is 1.86. The van der Waals surface area contributed by atoms with Crippen molar-refractivity contribution < 1.29 is 24.0 Å². The maximum absolute atomic E-state index is 14.3. The van der Waals surface area contributed by atoms with Gasteiger partial charge >= 0.3 is 7.12 Å². The van der Waals surface area contributed by atoms with Crippen molar-refractivity contribution in [3.8, 4) is 11.8 Å². The third-order valence-corrected chi connectivity index (χ3v) is 5.86. The van der Waals surface area contributed by atoms with Crippen molar-refractivity contribution in [1.29, 1.82) is 5.26 Å². The molecule has 2 unspecified atom stereocenters. The Morgan fingerprint density at radius 2 is 1.86 bits per heavy atom. The average Bonchev–Trinajstić information content (AvgIpc) is 2.87. The zero-order valence-electron chi connectivity index (χ0n) is 20.0. The van der Waals surface area contributed by atoms with Gasteiger partial charge in [-0.15, -0.1) is 0 Å². The third kappa shape index (κ3) is 7.90. The number of pyridine rings is 1. The molecule has 36 heavy (non-hydrogen) atoms. The van der Waals surface area contributed by atoms with Crippen LogP contribution in [0.5, 0.6) is 5.75 Å². The Bertz CT molecular complexity index is 1160. The quantitative estimate of drug-likeness (QED) is 0.337. The Morgan fingerprint density at radius 1 is 1.11 bits per heavy atom. The van der Waals surface area contributed by atoms with E-state index in [-0.39, 0.29) is 31.1 Å². The van der Waals surface area contributed by atoms with E-state index in [2.05, 4.69) is 16.4 Å². The van der Waals surface area contributed by atoms with Crippen molar-refractivity contribution in [2.45, 2.75) is 38.0 Å². The third-order valence-electron chi connectivity index (χ3n) is 5.86. The SMILES string of the molecule is CC(Cc1ccc(F)c(OCCC(=O)N[C@@H](Cc2ccccc2)B(O)O)c1)C(C#N)c1ccccn1. The number of carbonyl (C=O) groups is 1. The van der Waals surface area contributed by atoms with Crippen LogP contribution in [0.15, 0.2) is 72.9 Å². The van der Waals surface area contributed by atoms with Crippen LogP contribution in [-0.2, 0) is 17.6 Å². The first-order chi connectivity index (χ1) is 17.4. The molecule has 3 N–H and O–H groups in total. The first-order valence-corrected chi connectivity index (χ1v) is 11.8. The molecule has 2 aromatic carbocycles. The van der Waals surface area contributed by atoms with E-state index >= 15 is 0 Å². The molecule has 0 saturated heterocycles. The second-order valence-corrected chi connectivity index (χ2v) is 8.68. The molecule has 0 aliphatic carbocycles. The summed E-state index contributed by atoms with van der Waals surface area (Å²) in [6.07, 6.45) is 2.33. The Labute approximate surface area is 210 Å². The summed E-state index contributed by atoms with van der Waals surface area (Å²) in [6, 6.07) is 21.4. The number of amides is 1. The normalized spacial score (nSPS) is 13.2. The van der Waals surface area contributed by atoms with Crippen LogP contribution >= 0.6 is 0 Å². The lowest BCUT2D eigenvalue weighted by molar-refractivity contribution is -0.122. The van der Waals surface area contributed by atoms with Crippen molar-refractivity contribution in [2.75, 3.05) is 6.61 Å². The van der Waals surface area contributed by atoms with Crippen LogP contribution in [0.1, 0.15) is 36.1 Å². The second kappa shape index (κ2) is 13.4. The number of hydrogen-bond donors (Lipinski definition) is 3. The molecule has 3 rings (SSSR count). The van der Waals surface area contributed by atoms with Crippen LogP contribution in [0.3, 0.4) is 0 Å². The van der Waals surface area contributed by atoms with E-state index in [1.54, 1.807) is 24.4 Å². The van der Waals surface area contributed by atoms with Gasteiger partial charge in [-0.05, 0) is 54.2 Å². The van der Waals surface area contributed by atoms with Gasteiger partial charge in [0.15, 0.2) is 11.6 Å². The lowest BCUT2D eigenvalue weighted by Gasteiger charge is -2.19. The van der Waals surface area contributed by atoms with Crippen molar-refractivity contribution in [3.05, 3.63) is 95.6 Å². The summed E-state index contributed by atoms with van der Waals surface area (Å²) < 4.78 is 19.8. The number of halogens is 1. The Hall–Kier alpha value is -3.74. The van der Waals surface area contributed by atoms with Crippen molar-refractivity contribution >= 4 is 13.0 Å². The number of aromatic nitrogens is 1. The lowest BCUT2D eigenvalue weighted by Crippen LogP contribution is -2.48. The molecule has 0 aliphatic rings. The first kappa shape index (κ1) is 26.9. The Balaban J connectivity index is 1.54. The summed E-state index contributed by atoms with van der Waals surface area (Å²) in [4.78, 5) is 16.6. The van der Waals surface area contributed by atoms with E-state index in [1.807, 2.05) is 49.4 Å². The molecule has 1 aromatic heterocycles. The molecule has 0 saturated carbocycles. The highest BCUT2D eigenvalue weighted by Crippen LogP contribution is 2.27. The van der Waals surface area contributed by atoms with Crippen LogP contribution < -0.4 is 10.1 Å². The molecule has 0 aliphatic heterocycles. The molecule has 0 bridgehead atoms. The number of nitrogens with zero attached hydrogens (tertiary/aromatic N) is 2. The monoisotopic (exact) mass is 489 g/mol. The molecule has 0 fully saturated rings. The number of nitrogens with one attached hydrogen (secondary N) is 1. The van der Waals surface area contributed by atoms with Gasteiger partial charge in [0.1, 0.15) is 0 Å². The van der Waals surface area contributed by atoms with Crippen molar-refractivity contribution in [2.24, 2.45) is 5.92 Å². The van der Waals surface area contributed by atoms with Gasteiger partial charge in [0.25, 0.3) is 0 Å². The number of carbonyl (C=O) groups excluding carboxylic acids is 1. The van der Waals surface area contributed by atoms with Crippen LogP contribution in [0.2, 0.25) is 0 Å². The van der Waals surface area contributed by atoms with Crippen molar-refractivity contribution in [3.63, 3.8) is 0 Å². The van der Waals surface area contributed by atoms with Crippen LogP contribution in [0, 0.1) is 23.1 Å². The molecule has 3 atom stereocenters. The molecular formula is C27H29BFN3O4. The summed E-state index contributed by atoms with van der Waals surface area (Å²) in [5.74, 6) is -2.34. The molecule has 1 heterocycles. The number of rotatable bonds is 12. The summed E-state index contributed by atoms with van der Waals surface area (Å²) in [5.41, 5.74) is 2.34. The van der Waals surface area contributed by atoms with E-state index in [0.717, 1.165) is 11.1 Å². The number of nitriles is 1. The largest absolute Gasteiger partial charge is 0.490 e. The van der Waals surface area contributed by atoms with Gasteiger partial charge in [-0.3, -0.25) is 9.78 Å². The highest BCUT2D eigenvalue weighted by atomic mass is 19.1. The van der Waals surface area contributed by atoms with Gasteiger partial charge in [-0.2, -0.15) is 5.26 Å². The summed E-state index contributed by atoms with van der Waals surface area (Å²) in [7, 11) is -1.73. The average molecular weight is 489 g/mol. The highest BCUT2D eigenvalue weighted by Gasteiger charge is 2.25. The van der Waals surface area contributed by atoms with E-state index < -0.39 is 30.7 Å². The standard InChI is InChI=1S/C27H29BFN3O4/c1-19(22(18-30)24-9-5-6-13-31-24)15-21-10-11-23(29)25(16-21)36-14-12-27(33)32-26(28(34)35)17-20-7-3-2-4-8-20/h2-11,13,16,19,22,26,34-35H,12,14-15,17H2,1H3,(H,32,33)/t19?,22?,26-/m0/s1. The second-order valence-electron chi connectivity index (χ2n) is 8.68. The van der Waals surface area contributed by atoms with Gasteiger partial charge in [-0.25, -0.2) is 4.39 Å². The topological polar surface area (TPSA) is 115 Å². The van der Waals surface area contributed by atoms with E-state index in [4.69, 9.17) is 4.74 Å². The summed E-state index contributed by atoms with van der Waals surface area (Å²) >= 11 is 0. The number of hydrogen-bond acceptors (Lipinski definition) is 6. The van der Waals surface area contributed by atoms with Gasteiger partial charge in [-0.1, -0.05) is 49.4 Å². The molecule has 186 valence electrons.